The van der Waals surface area contributed by atoms with Crippen LogP contribution in [0.25, 0.3) is 17.6 Å². The minimum absolute atomic E-state index is 0.0368. The van der Waals surface area contributed by atoms with E-state index in [0.717, 1.165) is 36.9 Å². The van der Waals surface area contributed by atoms with E-state index in [2.05, 4.69) is 20.3 Å². The van der Waals surface area contributed by atoms with Crippen molar-refractivity contribution >= 4 is 12.1 Å². The molecule has 6 nitrogen and oxygen atoms in total. The molecule has 3 rings (SSSR count). The number of benzene rings is 1. The Morgan fingerprint density at radius 3 is 2.25 bits per heavy atom. The highest BCUT2D eigenvalue weighted by Crippen LogP contribution is 2.38. The van der Waals surface area contributed by atoms with Crippen LogP contribution in [0.5, 0.6) is 0 Å². The summed E-state index contributed by atoms with van der Waals surface area (Å²) < 4.78 is 79.2. The third kappa shape index (κ3) is 6.31. The van der Waals surface area contributed by atoms with E-state index < -0.39 is 29.0 Å². The molecule has 1 aliphatic heterocycles. The maximum atomic E-state index is 13.0. The Balaban J connectivity index is 1.69. The third-order valence-corrected chi connectivity index (χ3v) is 5.14. The maximum Gasteiger partial charge on any atom is 0.416 e. The second-order valence-corrected chi connectivity index (χ2v) is 7.65. The van der Waals surface area contributed by atoms with Crippen LogP contribution in [0.2, 0.25) is 0 Å². The average Bonchev–Trinajstić information content (AvgIpc) is 3.19. The van der Waals surface area contributed by atoms with Crippen LogP contribution in [0.3, 0.4) is 0 Å². The zero-order valence-corrected chi connectivity index (χ0v) is 17.0. The highest BCUT2D eigenvalue weighted by molar-refractivity contribution is 5.90. The molecule has 0 radical (unpaired) electrons. The van der Waals surface area contributed by atoms with Gasteiger partial charge in [0.1, 0.15) is 6.33 Å². The molecule has 1 amide bonds. The van der Waals surface area contributed by atoms with Crippen LogP contribution in [0.1, 0.15) is 24.0 Å². The largest absolute Gasteiger partial charge is 0.416 e. The number of nitrogens with one attached hydrogen (secondary N) is 1. The summed E-state index contributed by atoms with van der Waals surface area (Å²) in [7, 11) is 2.03. The molecule has 0 atom stereocenters. The van der Waals surface area contributed by atoms with Crippen LogP contribution in [-0.2, 0) is 17.1 Å². The Labute approximate surface area is 179 Å². The first kappa shape index (κ1) is 23.8. The minimum Gasteiger partial charge on any atom is -0.352 e. The Bertz CT molecular complexity index is 941. The van der Waals surface area contributed by atoms with Gasteiger partial charge in [-0.1, -0.05) is 0 Å². The van der Waals surface area contributed by atoms with Crippen LogP contribution in [0.4, 0.5) is 26.3 Å². The molecule has 1 saturated heterocycles. The van der Waals surface area contributed by atoms with E-state index >= 15 is 0 Å². The molecule has 12 heteroatoms. The molecule has 0 saturated carbocycles. The Kier molecular flexibility index (Phi) is 6.91. The smallest absolute Gasteiger partial charge is 0.352 e. The molecule has 1 N–H and O–H groups in total. The Hall–Kier alpha value is -2.89. The van der Waals surface area contributed by atoms with Gasteiger partial charge in [0, 0.05) is 24.4 Å². The lowest BCUT2D eigenvalue weighted by Crippen LogP contribution is -2.36. The topological polar surface area (TPSA) is 63.1 Å². The van der Waals surface area contributed by atoms with Crippen molar-refractivity contribution in [3.05, 3.63) is 41.7 Å². The fraction of sp³-hybridized carbons (Fsp3) is 0.450. The van der Waals surface area contributed by atoms with Gasteiger partial charge >= 0.3 is 12.4 Å². The molecule has 174 valence electrons. The molecule has 0 unspecified atom stereocenters. The summed E-state index contributed by atoms with van der Waals surface area (Å²) in [6, 6.07) is 1.13. The number of halogens is 6. The van der Waals surface area contributed by atoms with Crippen molar-refractivity contribution in [2.24, 2.45) is 5.92 Å². The van der Waals surface area contributed by atoms with Gasteiger partial charge in [0.05, 0.1) is 11.1 Å². The third-order valence-electron chi connectivity index (χ3n) is 5.14. The van der Waals surface area contributed by atoms with Gasteiger partial charge in [-0.15, -0.1) is 5.10 Å². The number of hydrogen-bond acceptors (Lipinski definition) is 4. The zero-order chi connectivity index (χ0) is 23.5. The minimum atomic E-state index is -4.97. The van der Waals surface area contributed by atoms with E-state index in [1.54, 1.807) is 0 Å². The van der Waals surface area contributed by atoms with Crippen LogP contribution in [0.15, 0.2) is 30.6 Å². The zero-order valence-electron chi connectivity index (χ0n) is 17.0. The number of piperidine rings is 1. The first-order chi connectivity index (χ1) is 14.9. The molecule has 2 aromatic rings. The molecule has 0 spiro atoms. The summed E-state index contributed by atoms with van der Waals surface area (Å²) in [6.45, 7) is 2.44. The number of likely N-dealkylation sites (tertiary alicyclic amines) is 1. The number of rotatable bonds is 5. The Morgan fingerprint density at radius 1 is 1.09 bits per heavy atom. The summed E-state index contributed by atoms with van der Waals surface area (Å²) >= 11 is 0. The van der Waals surface area contributed by atoms with Gasteiger partial charge in [0.25, 0.3) is 0 Å². The number of alkyl halides is 6. The maximum absolute atomic E-state index is 13.0. The van der Waals surface area contributed by atoms with Crippen molar-refractivity contribution in [3.63, 3.8) is 0 Å². The van der Waals surface area contributed by atoms with Crippen molar-refractivity contribution in [1.29, 1.82) is 0 Å². The molecule has 1 fully saturated rings. The Morgan fingerprint density at radius 2 is 1.69 bits per heavy atom. The van der Waals surface area contributed by atoms with Gasteiger partial charge in [-0.25, -0.2) is 9.67 Å². The molecule has 0 aliphatic carbocycles. The lowest BCUT2D eigenvalue weighted by molar-refractivity contribution is -0.143. The normalized spacial score (nSPS) is 16.6. The lowest BCUT2D eigenvalue weighted by atomic mass is 9.97. The number of nitrogens with zero attached hydrogens (tertiary/aromatic N) is 4. The standard InChI is InChI=1S/C20H21F6N5O/c1-30-5-2-13(3-6-30)11-27-17(32)4-7-31-12-28-18(29-31)14-8-15(19(21,22)23)10-16(9-14)20(24,25)26/h4,7-10,12-13H,2-3,5-6,11H2,1H3,(H,27,32)/b7-4+. The van der Waals surface area contributed by atoms with Crippen molar-refractivity contribution in [1.82, 2.24) is 25.0 Å². The van der Waals surface area contributed by atoms with Gasteiger partial charge in [-0.05, 0) is 57.1 Å². The van der Waals surface area contributed by atoms with E-state index in [1.807, 2.05) is 7.05 Å². The summed E-state index contributed by atoms with van der Waals surface area (Å²) in [4.78, 5) is 18.0. The van der Waals surface area contributed by atoms with Crippen LogP contribution >= 0.6 is 0 Å². The van der Waals surface area contributed by atoms with Crippen molar-refractivity contribution in [2.75, 3.05) is 26.7 Å². The van der Waals surface area contributed by atoms with Crippen LogP contribution < -0.4 is 5.32 Å². The molecule has 1 aromatic carbocycles. The van der Waals surface area contributed by atoms with Gasteiger partial charge in [0.15, 0.2) is 5.82 Å². The van der Waals surface area contributed by atoms with Gasteiger partial charge in [-0.3, -0.25) is 4.79 Å². The number of hydrogen-bond donors (Lipinski definition) is 1. The first-order valence-corrected chi connectivity index (χ1v) is 9.77. The van der Waals surface area contributed by atoms with Crippen LogP contribution in [-0.4, -0.2) is 52.3 Å². The van der Waals surface area contributed by atoms with E-state index in [4.69, 9.17) is 0 Å². The summed E-state index contributed by atoms with van der Waals surface area (Å²) in [5.41, 5.74) is -3.35. The van der Waals surface area contributed by atoms with Crippen LogP contribution in [0, 0.1) is 5.92 Å². The van der Waals surface area contributed by atoms with Gasteiger partial charge in [0.2, 0.25) is 5.91 Å². The first-order valence-electron chi connectivity index (χ1n) is 9.77. The highest BCUT2D eigenvalue weighted by Gasteiger charge is 2.37. The monoisotopic (exact) mass is 461 g/mol. The van der Waals surface area contributed by atoms with E-state index in [0.29, 0.717) is 24.6 Å². The summed E-state index contributed by atoms with van der Waals surface area (Å²) in [5.74, 6) is -0.345. The second-order valence-electron chi connectivity index (χ2n) is 7.65. The second kappa shape index (κ2) is 9.31. The molecule has 0 bridgehead atoms. The quantitative estimate of drug-likeness (QED) is 0.542. The van der Waals surface area contributed by atoms with E-state index in [-0.39, 0.29) is 17.8 Å². The fourth-order valence-electron chi connectivity index (χ4n) is 3.28. The lowest BCUT2D eigenvalue weighted by Gasteiger charge is -2.28. The predicted molar refractivity (Wildman–Crippen MR) is 104 cm³/mol. The molecule has 32 heavy (non-hydrogen) atoms. The van der Waals surface area contributed by atoms with Crippen molar-refractivity contribution < 1.29 is 31.1 Å². The summed E-state index contributed by atoms with van der Waals surface area (Å²) in [5, 5.41) is 6.62. The number of amides is 1. The van der Waals surface area contributed by atoms with Crippen molar-refractivity contribution in [3.8, 4) is 11.4 Å². The van der Waals surface area contributed by atoms with Gasteiger partial charge < -0.3 is 10.2 Å². The predicted octanol–water partition coefficient (Wildman–Crippen LogP) is 3.91. The molecule has 1 aliphatic rings. The van der Waals surface area contributed by atoms with E-state index in [9.17, 15) is 31.1 Å². The fourth-order valence-corrected chi connectivity index (χ4v) is 3.28. The highest BCUT2D eigenvalue weighted by atomic mass is 19.4. The molecule has 1 aromatic heterocycles. The SMILES string of the molecule is CN1CCC(CNC(=O)/C=C/n2cnc(-c3cc(C(F)(F)F)cc(C(F)(F)F)c3)n2)CC1. The molecular weight excluding hydrogens is 440 g/mol. The van der Waals surface area contributed by atoms with E-state index in [1.165, 1.54) is 12.3 Å². The number of carbonyl (C=O) groups excluding carboxylic acids is 1. The molecular formula is C20H21F6N5O. The number of carbonyl (C=O) groups is 1. The van der Waals surface area contributed by atoms with Gasteiger partial charge in [-0.2, -0.15) is 26.3 Å². The summed E-state index contributed by atoms with van der Waals surface area (Å²) in [6.07, 6.45) is -4.51. The average molecular weight is 461 g/mol. The van der Waals surface area contributed by atoms with Crippen molar-refractivity contribution in [2.45, 2.75) is 25.2 Å². The number of aromatic nitrogens is 3. The molecule has 2 heterocycles.